The zero-order chi connectivity index (χ0) is 20.9. The van der Waals surface area contributed by atoms with Crippen LogP contribution in [0.2, 0.25) is 0 Å². The number of hydrogen-bond acceptors (Lipinski definition) is 4. The highest BCUT2D eigenvalue weighted by atomic mass is 32.2. The van der Waals surface area contributed by atoms with Crippen molar-refractivity contribution in [2.24, 2.45) is 0 Å². The number of fused-ring (bicyclic) bond motifs is 1. The molecule has 1 saturated carbocycles. The second-order valence-corrected chi connectivity index (χ2v) is 8.77. The van der Waals surface area contributed by atoms with Crippen LogP contribution in [0.15, 0.2) is 59.6 Å². The molecule has 1 aliphatic rings. The Bertz CT molecular complexity index is 1040. The van der Waals surface area contributed by atoms with Gasteiger partial charge in [-0.05, 0) is 24.5 Å². The zero-order valence-electron chi connectivity index (χ0n) is 16.8. The van der Waals surface area contributed by atoms with Crippen LogP contribution in [-0.2, 0) is 11.3 Å². The van der Waals surface area contributed by atoms with Crippen LogP contribution in [0.4, 0.5) is 5.69 Å². The standard InChI is InChI=1S/C23H25N3O3S/c27-23(24-18-6-2-1-3-7-18)16-30-22-15-25(21-9-5-4-8-20(21)22)14-17-10-12-19(13-11-17)26(28)29/h4-5,8-13,15,18H,1-3,6-7,14,16H2,(H,24,27). The molecule has 0 atom stereocenters. The summed E-state index contributed by atoms with van der Waals surface area (Å²) in [4.78, 5) is 24.0. The van der Waals surface area contributed by atoms with Crippen LogP contribution < -0.4 is 5.32 Å². The summed E-state index contributed by atoms with van der Waals surface area (Å²) in [5.74, 6) is 0.501. The van der Waals surface area contributed by atoms with Crippen LogP contribution in [-0.4, -0.2) is 27.2 Å². The first kappa shape index (κ1) is 20.5. The molecule has 1 heterocycles. The van der Waals surface area contributed by atoms with E-state index >= 15 is 0 Å². The van der Waals surface area contributed by atoms with E-state index in [0.717, 1.165) is 34.2 Å². The van der Waals surface area contributed by atoms with Gasteiger partial charge in [-0.2, -0.15) is 0 Å². The number of para-hydroxylation sites is 1. The summed E-state index contributed by atoms with van der Waals surface area (Å²) in [5.41, 5.74) is 2.18. The fraction of sp³-hybridized carbons (Fsp3) is 0.348. The maximum Gasteiger partial charge on any atom is 0.269 e. The second-order valence-electron chi connectivity index (χ2n) is 7.75. The molecule has 6 nitrogen and oxygen atoms in total. The van der Waals surface area contributed by atoms with Crippen LogP contribution in [0.1, 0.15) is 37.7 Å². The number of hydrogen-bond donors (Lipinski definition) is 1. The monoisotopic (exact) mass is 423 g/mol. The van der Waals surface area contributed by atoms with Crippen molar-refractivity contribution in [2.45, 2.75) is 49.6 Å². The predicted molar refractivity (Wildman–Crippen MR) is 120 cm³/mol. The highest BCUT2D eigenvalue weighted by Gasteiger charge is 2.17. The molecule has 4 rings (SSSR count). The molecular formula is C23H25N3O3S. The fourth-order valence-corrected chi connectivity index (χ4v) is 4.94. The van der Waals surface area contributed by atoms with Crippen molar-refractivity contribution in [1.82, 2.24) is 9.88 Å². The number of nitro benzene ring substituents is 1. The lowest BCUT2D eigenvalue weighted by Crippen LogP contribution is -2.37. The number of rotatable bonds is 7. The Hall–Kier alpha value is -2.80. The third-order valence-corrected chi connectivity index (χ3v) is 6.62. The van der Waals surface area contributed by atoms with Gasteiger partial charge in [-0.1, -0.05) is 49.6 Å². The van der Waals surface area contributed by atoms with Crippen molar-refractivity contribution in [3.63, 3.8) is 0 Å². The summed E-state index contributed by atoms with van der Waals surface area (Å²) >= 11 is 1.56. The van der Waals surface area contributed by atoms with Crippen molar-refractivity contribution in [3.05, 3.63) is 70.4 Å². The van der Waals surface area contributed by atoms with Crippen LogP contribution in [0, 0.1) is 10.1 Å². The van der Waals surface area contributed by atoms with Gasteiger partial charge < -0.3 is 9.88 Å². The van der Waals surface area contributed by atoms with E-state index < -0.39 is 0 Å². The third kappa shape index (κ3) is 4.84. The van der Waals surface area contributed by atoms with E-state index in [4.69, 9.17) is 0 Å². The predicted octanol–water partition coefficient (Wildman–Crippen LogP) is 5.14. The van der Waals surface area contributed by atoms with Gasteiger partial charge in [-0.3, -0.25) is 14.9 Å². The lowest BCUT2D eigenvalue weighted by atomic mass is 9.95. The molecule has 1 aliphatic carbocycles. The molecule has 156 valence electrons. The number of thioether (sulfide) groups is 1. The van der Waals surface area contributed by atoms with Crippen molar-refractivity contribution in [1.29, 1.82) is 0 Å². The molecular weight excluding hydrogens is 398 g/mol. The highest BCUT2D eigenvalue weighted by Crippen LogP contribution is 2.31. The second kappa shape index (κ2) is 9.34. The van der Waals surface area contributed by atoms with Gasteiger partial charge in [0.2, 0.25) is 5.91 Å². The smallest absolute Gasteiger partial charge is 0.269 e. The van der Waals surface area contributed by atoms with E-state index in [1.807, 2.05) is 12.1 Å². The number of nitro groups is 1. The Balaban J connectivity index is 1.46. The Morgan fingerprint density at radius 3 is 2.57 bits per heavy atom. The van der Waals surface area contributed by atoms with E-state index in [0.29, 0.717) is 18.3 Å². The van der Waals surface area contributed by atoms with Gasteiger partial charge in [0.15, 0.2) is 0 Å². The summed E-state index contributed by atoms with van der Waals surface area (Å²) in [7, 11) is 0. The molecule has 0 spiro atoms. The Labute approximate surface area is 179 Å². The summed E-state index contributed by atoms with van der Waals surface area (Å²) in [5, 5.41) is 15.2. The minimum absolute atomic E-state index is 0.0938. The Morgan fingerprint density at radius 2 is 1.83 bits per heavy atom. The number of carbonyl (C=O) groups excluding carboxylic acids is 1. The minimum atomic E-state index is -0.387. The molecule has 3 aromatic rings. The summed E-state index contributed by atoms with van der Waals surface area (Å²) in [6.07, 6.45) is 7.93. The molecule has 1 aromatic heterocycles. The average molecular weight is 424 g/mol. The number of amides is 1. The molecule has 0 bridgehead atoms. The van der Waals surface area contributed by atoms with Gasteiger partial charge in [0.05, 0.1) is 10.7 Å². The first-order valence-electron chi connectivity index (χ1n) is 10.3. The maximum atomic E-state index is 12.4. The molecule has 0 radical (unpaired) electrons. The van der Waals surface area contributed by atoms with E-state index in [2.05, 4.69) is 28.2 Å². The van der Waals surface area contributed by atoms with Crippen molar-refractivity contribution in [2.75, 3.05) is 5.75 Å². The lowest BCUT2D eigenvalue weighted by Gasteiger charge is -2.22. The number of carbonyl (C=O) groups is 1. The average Bonchev–Trinajstić information content (AvgIpc) is 3.11. The van der Waals surface area contributed by atoms with Gasteiger partial charge in [0.1, 0.15) is 0 Å². The van der Waals surface area contributed by atoms with E-state index in [1.165, 1.54) is 31.4 Å². The Kier molecular flexibility index (Phi) is 6.38. The highest BCUT2D eigenvalue weighted by molar-refractivity contribution is 8.00. The number of benzene rings is 2. The minimum Gasteiger partial charge on any atom is -0.353 e. The fourth-order valence-electron chi connectivity index (χ4n) is 4.04. The normalized spacial score (nSPS) is 14.7. The molecule has 1 fully saturated rings. The molecule has 0 unspecified atom stereocenters. The first-order valence-corrected chi connectivity index (χ1v) is 11.3. The van der Waals surface area contributed by atoms with Gasteiger partial charge in [0.25, 0.3) is 5.69 Å². The Morgan fingerprint density at radius 1 is 1.10 bits per heavy atom. The quantitative estimate of drug-likeness (QED) is 0.324. The summed E-state index contributed by atoms with van der Waals surface area (Å²) in [6.45, 7) is 0.618. The SMILES string of the molecule is O=C(CSc1cn(Cc2ccc([N+](=O)[O-])cc2)c2ccccc12)NC1CCCCC1. The molecule has 30 heavy (non-hydrogen) atoms. The van der Waals surface area contributed by atoms with Gasteiger partial charge in [0, 0.05) is 46.7 Å². The van der Waals surface area contributed by atoms with Crippen LogP contribution in [0.25, 0.3) is 10.9 Å². The first-order chi connectivity index (χ1) is 14.6. The topological polar surface area (TPSA) is 77.2 Å². The lowest BCUT2D eigenvalue weighted by molar-refractivity contribution is -0.384. The molecule has 1 N–H and O–H groups in total. The summed E-state index contributed by atoms with van der Waals surface area (Å²) in [6, 6.07) is 15.1. The molecule has 1 amide bonds. The molecule has 0 saturated heterocycles. The van der Waals surface area contributed by atoms with E-state index in [9.17, 15) is 14.9 Å². The van der Waals surface area contributed by atoms with Crippen molar-refractivity contribution < 1.29 is 9.72 Å². The van der Waals surface area contributed by atoms with Crippen LogP contribution in [0.3, 0.4) is 0 Å². The number of nitrogens with zero attached hydrogens (tertiary/aromatic N) is 2. The van der Waals surface area contributed by atoms with Gasteiger partial charge in [-0.15, -0.1) is 11.8 Å². The maximum absolute atomic E-state index is 12.4. The van der Waals surface area contributed by atoms with E-state index in [-0.39, 0.29) is 16.5 Å². The van der Waals surface area contributed by atoms with Crippen LogP contribution >= 0.6 is 11.8 Å². The van der Waals surface area contributed by atoms with Gasteiger partial charge >= 0.3 is 0 Å². The van der Waals surface area contributed by atoms with Gasteiger partial charge in [-0.25, -0.2) is 0 Å². The molecule has 0 aliphatic heterocycles. The third-order valence-electron chi connectivity index (χ3n) is 5.58. The zero-order valence-corrected chi connectivity index (χ0v) is 17.6. The van der Waals surface area contributed by atoms with E-state index in [1.54, 1.807) is 23.9 Å². The molecule has 7 heteroatoms. The summed E-state index contributed by atoms with van der Waals surface area (Å²) < 4.78 is 2.14. The van der Waals surface area contributed by atoms with Crippen molar-refractivity contribution >= 4 is 34.3 Å². The van der Waals surface area contributed by atoms with Crippen LogP contribution in [0.5, 0.6) is 0 Å². The number of nitrogens with one attached hydrogen (secondary N) is 1. The molecule has 2 aromatic carbocycles. The number of aromatic nitrogens is 1. The number of non-ortho nitro benzene ring substituents is 1. The van der Waals surface area contributed by atoms with Crippen molar-refractivity contribution in [3.8, 4) is 0 Å². The largest absolute Gasteiger partial charge is 0.353 e.